The molecule has 1 fully saturated rings. The Morgan fingerprint density at radius 3 is 2.33 bits per heavy atom. The van der Waals surface area contributed by atoms with Crippen LogP contribution in [0.1, 0.15) is 32.6 Å². The van der Waals surface area contributed by atoms with E-state index in [0.29, 0.717) is 0 Å². The van der Waals surface area contributed by atoms with Gasteiger partial charge in [-0.25, -0.2) is 0 Å². The molecule has 0 unspecified atom stereocenters. The average Bonchev–Trinajstić information content (AvgIpc) is 1.91. The molecule has 0 spiro atoms. The quantitative estimate of drug-likeness (QED) is 0.517. The maximum Gasteiger partial charge on any atom is 0.261 e. The highest BCUT2D eigenvalue weighted by Gasteiger charge is 2.17. The smallest absolute Gasteiger partial charge is 0.0941 e. The van der Waals surface area contributed by atoms with Crippen LogP contribution < -0.4 is 0 Å². The predicted molar refractivity (Wildman–Crippen MR) is 44.3 cm³/mol. The summed E-state index contributed by atoms with van der Waals surface area (Å²) in [5.74, 6) is 0. The highest BCUT2D eigenvalue weighted by atomic mass is 27.2. The third-order valence-corrected chi connectivity index (χ3v) is 6.27. The highest BCUT2D eigenvalue weighted by Crippen LogP contribution is 2.21. The second-order valence-corrected chi connectivity index (χ2v) is 6.76. The van der Waals surface area contributed by atoms with Gasteiger partial charge in [-0.1, -0.05) is 48.5 Å². The predicted octanol–water partition coefficient (Wildman–Crippen LogP) is 3.08. The molecule has 0 aromatic heterocycles. The van der Waals surface area contributed by atoms with Gasteiger partial charge in [-0.15, -0.1) is 0 Å². The van der Waals surface area contributed by atoms with Crippen LogP contribution in [0.3, 0.4) is 0 Å². The fourth-order valence-corrected chi connectivity index (χ4v) is 5.30. The number of hydrogen-bond acceptors (Lipinski definition) is 0. The Morgan fingerprint density at radius 2 is 1.78 bits per heavy atom. The van der Waals surface area contributed by atoms with Crippen molar-refractivity contribution >= 4 is 14.1 Å². The number of rotatable bonds is 2. The lowest BCUT2D eigenvalue weighted by Gasteiger charge is -2.15. The average molecular weight is 140 g/mol. The van der Waals surface area contributed by atoms with E-state index in [0.717, 1.165) is 0 Å². The maximum atomic E-state index is 2.33. The van der Waals surface area contributed by atoms with Crippen molar-refractivity contribution in [3.8, 4) is 0 Å². The molecule has 52 valence electrons. The zero-order valence-electron chi connectivity index (χ0n) is 6.53. The van der Waals surface area contributed by atoms with Gasteiger partial charge in [-0.3, -0.25) is 0 Å². The van der Waals surface area contributed by atoms with Crippen molar-refractivity contribution in [2.24, 2.45) is 0 Å². The fraction of sp³-hybridized carbons (Fsp3) is 1.00. The van der Waals surface area contributed by atoms with E-state index in [1.807, 2.05) is 0 Å². The minimum Gasteiger partial charge on any atom is -0.0941 e. The topological polar surface area (TPSA) is 0 Å². The number of hydrogen-bond donors (Lipinski definition) is 0. The van der Waals surface area contributed by atoms with Crippen molar-refractivity contribution in [2.45, 2.75) is 48.5 Å². The van der Waals surface area contributed by atoms with Gasteiger partial charge in [0.25, 0.3) is 14.1 Å². The molecule has 0 atom stereocenters. The molecule has 0 nitrogen and oxygen atoms in total. The normalized spacial score (nSPS) is 20.3. The molecule has 0 amide bonds. The van der Waals surface area contributed by atoms with Crippen LogP contribution in [-0.4, -0.2) is 14.1 Å². The summed E-state index contributed by atoms with van der Waals surface area (Å²) in [5, 5.41) is 4.95. The summed E-state index contributed by atoms with van der Waals surface area (Å²) in [7, 11) is 0. The van der Waals surface area contributed by atoms with Gasteiger partial charge in [-0.05, 0) is 0 Å². The van der Waals surface area contributed by atoms with Crippen molar-refractivity contribution in [2.75, 3.05) is 0 Å². The summed E-state index contributed by atoms with van der Waals surface area (Å²) in [4.78, 5) is 0. The van der Waals surface area contributed by atoms with Gasteiger partial charge in [0, 0.05) is 0 Å². The van der Waals surface area contributed by atoms with E-state index < -0.39 is 0 Å². The van der Waals surface area contributed by atoms with Gasteiger partial charge in [0.05, 0.1) is 0 Å². The summed E-state index contributed by atoms with van der Waals surface area (Å²) < 4.78 is 0. The Hall–Kier alpha value is 0.532. The van der Waals surface area contributed by atoms with E-state index in [9.17, 15) is 0 Å². The minimum atomic E-state index is -0.126. The zero-order chi connectivity index (χ0) is 6.53. The van der Waals surface area contributed by atoms with E-state index >= 15 is 0 Å². The van der Waals surface area contributed by atoms with Crippen molar-refractivity contribution in [1.29, 1.82) is 0 Å². The second-order valence-electron chi connectivity index (χ2n) is 3.29. The monoisotopic (exact) mass is 140 g/mol. The molecule has 0 saturated carbocycles. The van der Waals surface area contributed by atoms with Crippen molar-refractivity contribution in [1.82, 2.24) is 0 Å². The Morgan fingerprint density at radius 1 is 1.11 bits per heavy atom. The third-order valence-electron chi connectivity index (χ3n) is 2.42. The Balaban J connectivity index is 2.08. The molecular formula is C8H17Al. The third kappa shape index (κ3) is 2.74. The Kier molecular flexibility index (Phi) is 3.70. The van der Waals surface area contributed by atoms with Gasteiger partial charge in [-0.2, -0.15) is 0 Å². The molecule has 0 aromatic carbocycles. The summed E-state index contributed by atoms with van der Waals surface area (Å²) in [5.41, 5.74) is 0. The molecule has 9 heavy (non-hydrogen) atoms. The van der Waals surface area contributed by atoms with Crippen LogP contribution in [0.4, 0.5) is 0 Å². The molecule has 1 rings (SSSR count). The SMILES string of the molecule is CC[CH2][Al]1[CH2]CCC[CH2]1. The molecule has 0 radical (unpaired) electrons. The van der Waals surface area contributed by atoms with Gasteiger partial charge in [0.15, 0.2) is 0 Å². The van der Waals surface area contributed by atoms with Gasteiger partial charge >= 0.3 is 0 Å². The van der Waals surface area contributed by atoms with Crippen molar-refractivity contribution in [3.05, 3.63) is 0 Å². The summed E-state index contributed by atoms with van der Waals surface area (Å²) in [6.45, 7) is 2.33. The molecule has 1 saturated heterocycles. The molecule has 1 aliphatic heterocycles. The van der Waals surface area contributed by atoms with Crippen LogP contribution in [-0.2, 0) is 0 Å². The zero-order valence-corrected chi connectivity index (χ0v) is 7.68. The minimum absolute atomic E-state index is 0.126. The fourth-order valence-electron chi connectivity index (χ4n) is 1.88. The first-order valence-corrected chi connectivity index (χ1v) is 6.88. The first-order chi connectivity index (χ1) is 4.43. The molecule has 1 heteroatoms. The lowest BCUT2D eigenvalue weighted by molar-refractivity contribution is 0.717. The maximum absolute atomic E-state index is 2.33. The van der Waals surface area contributed by atoms with E-state index in [-0.39, 0.29) is 14.1 Å². The van der Waals surface area contributed by atoms with E-state index in [1.165, 1.54) is 12.8 Å². The molecule has 1 heterocycles. The van der Waals surface area contributed by atoms with Gasteiger partial charge in [0.1, 0.15) is 0 Å². The summed E-state index contributed by atoms with van der Waals surface area (Å²) in [6.07, 6.45) is 6.12. The first kappa shape index (κ1) is 7.64. The van der Waals surface area contributed by atoms with Crippen LogP contribution in [0.25, 0.3) is 0 Å². The van der Waals surface area contributed by atoms with Crippen LogP contribution in [0.15, 0.2) is 0 Å². The molecule has 1 aliphatic rings. The highest BCUT2D eigenvalue weighted by molar-refractivity contribution is 6.58. The summed E-state index contributed by atoms with van der Waals surface area (Å²) >= 11 is -0.126. The molecule has 0 aromatic rings. The molecular weight excluding hydrogens is 123 g/mol. The molecule has 0 N–H and O–H groups in total. The van der Waals surface area contributed by atoms with Crippen LogP contribution >= 0.6 is 0 Å². The Labute approximate surface area is 63.0 Å². The lowest BCUT2D eigenvalue weighted by Crippen LogP contribution is -2.14. The van der Waals surface area contributed by atoms with Gasteiger partial charge < -0.3 is 0 Å². The largest absolute Gasteiger partial charge is 0.261 e. The molecule has 0 aliphatic carbocycles. The Bertz CT molecular complexity index is 62.2. The molecule has 0 bridgehead atoms. The van der Waals surface area contributed by atoms with E-state index in [2.05, 4.69) is 6.92 Å². The summed E-state index contributed by atoms with van der Waals surface area (Å²) in [6, 6.07) is 0. The van der Waals surface area contributed by atoms with E-state index in [1.54, 1.807) is 28.7 Å². The van der Waals surface area contributed by atoms with Crippen molar-refractivity contribution < 1.29 is 0 Å². The first-order valence-electron chi connectivity index (χ1n) is 4.43. The second kappa shape index (κ2) is 4.36. The van der Waals surface area contributed by atoms with Crippen LogP contribution in [0, 0.1) is 0 Å². The van der Waals surface area contributed by atoms with Crippen LogP contribution in [0.2, 0.25) is 15.8 Å². The van der Waals surface area contributed by atoms with Crippen molar-refractivity contribution in [3.63, 3.8) is 0 Å². The standard InChI is InChI=1S/C5H10.C3H7.Al/c1-3-5-4-2;1-3-2;/h1-5H2;1,3H2,2H3;. The van der Waals surface area contributed by atoms with Gasteiger partial charge in [0.2, 0.25) is 0 Å². The van der Waals surface area contributed by atoms with E-state index in [4.69, 9.17) is 0 Å². The van der Waals surface area contributed by atoms with Crippen LogP contribution in [0.5, 0.6) is 0 Å². The lowest BCUT2D eigenvalue weighted by atomic mass is 10.3.